The van der Waals surface area contributed by atoms with Gasteiger partial charge in [0.2, 0.25) is 0 Å². The monoisotopic (exact) mass is 347 g/mol. The third kappa shape index (κ3) is 4.16. The minimum absolute atomic E-state index is 0.285. The lowest BCUT2D eigenvalue weighted by Gasteiger charge is -2.17. The summed E-state index contributed by atoms with van der Waals surface area (Å²) in [6.45, 7) is 2.63. The Morgan fingerprint density at radius 1 is 1.24 bits per heavy atom. The molecule has 0 aromatic heterocycles. The largest absolute Gasteiger partial charge is 0.468 e. The topological polar surface area (TPSA) is 38.3 Å². The maximum atomic E-state index is 12.0. The zero-order valence-electron chi connectivity index (χ0n) is 12.1. The van der Waals surface area contributed by atoms with Crippen molar-refractivity contribution in [3.8, 4) is 0 Å². The highest BCUT2D eigenvalue weighted by atomic mass is 79.9. The lowest BCUT2D eigenvalue weighted by atomic mass is 10.1. The fraction of sp³-hybridized carbons (Fsp3) is 0.235. The van der Waals surface area contributed by atoms with Crippen molar-refractivity contribution >= 4 is 21.9 Å². The van der Waals surface area contributed by atoms with Crippen LogP contribution in [0.15, 0.2) is 53.0 Å². The number of esters is 1. The molecular formula is C17H18BrNO2. The summed E-state index contributed by atoms with van der Waals surface area (Å²) in [5, 5.41) is 3.25. The first-order chi connectivity index (χ1) is 10.1. The van der Waals surface area contributed by atoms with Crippen molar-refractivity contribution in [2.45, 2.75) is 19.5 Å². The third-order valence-corrected chi connectivity index (χ3v) is 4.17. The Hall–Kier alpha value is -1.65. The second kappa shape index (κ2) is 7.38. The average molecular weight is 348 g/mol. The number of halogens is 1. The average Bonchev–Trinajstić information content (AvgIpc) is 2.51. The Balaban J connectivity index is 2.12. The molecule has 0 heterocycles. The molecule has 0 saturated heterocycles. The van der Waals surface area contributed by atoms with Crippen molar-refractivity contribution in [3.63, 3.8) is 0 Å². The van der Waals surface area contributed by atoms with Gasteiger partial charge in [0.1, 0.15) is 6.04 Å². The smallest absolute Gasteiger partial charge is 0.327 e. The van der Waals surface area contributed by atoms with Gasteiger partial charge in [0, 0.05) is 11.0 Å². The molecule has 1 unspecified atom stereocenters. The van der Waals surface area contributed by atoms with Crippen LogP contribution in [0.3, 0.4) is 0 Å². The van der Waals surface area contributed by atoms with Crippen LogP contribution in [0.25, 0.3) is 0 Å². The first-order valence-corrected chi connectivity index (χ1v) is 7.52. The predicted molar refractivity (Wildman–Crippen MR) is 86.9 cm³/mol. The molecule has 1 N–H and O–H groups in total. The van der Waals surface area contributed by atoms with Crippen LogP contribution in [0.2, 0.25) is 0 Å². The summed E-state index contributed by atoms with van der Waals surface area (Å²) in [5.74, 6) is -0.285. The molecule has 2 rings (SSSR count). The first-order valence-electron chi connectivity index (χ1n) is 6.73. The van der Waals surface area contributed by atoms with Gasteiger partial charge in [0.05, 0.1) is 7.11 Å². The van der Waals surface area contributed by atoms with E-state index in [2.05, 4.69) is 33.4 Å². The maximum Gasteiger partial charge on any atom is 0.327 e. The number of carbonyl (C=O) groups is 1. The minimum Gasteiger partial charge on any atom is -0.468 e. The summed E-state index contributed by atoms with van der Waals surface area (Å²) in [7, 11) is 1.41. The van der Waals surface area contributed by atoms with E-state index < -0.39 is 6.04 Å². The molecule has 0 spiro atoms. The van der Waals surface area contributed by atoms with Gasteiger partial charge in [-0.3, -0.25) is 5.32 Å². The molecule has 0 radical (unpaired) electrons. The van der Waals surface area contributed by atoms with Crippen molar-refractivity contribution in [1.29, 1.82) is 0 Å². The molecule has 3 nitrogen and oxygen atoms in total. The lowest BCUT2D eigenvalue weighted by molar-refractivity contribution is -0.143. The molecule has 0 aliphatic rings. The van der Waals surface area contributed by atoms with E-state index in [1.54, 1.807) is 0 Å². The molecule has 0 aliphatic carbocycles. The van der Waals surface area contributed by atoms with Crippen LogP contribution in [0, 0.1) is 6.92 Å². The fourth-order valence-corrected chi connectivity index (χ4v) is 2.49. The van der Waals surface area contributed by atoms with E-state index >= 15 is 0 Å². The number of carbonyl (C=O) groups excluding carboxylic acids is 1. The highest BCUT2D eigenvalue weighted by molar-refractivity contribution is 9.10. The molecule has 0 saturated carbocycles. The number of ether oxygens (including phenoxy) is 1. The molecule has 4 heteroatoms. The predicted octanol–water partition coefficient (Wildman–Crippen LogP) is 3.76. The molecule has 0 aliphatic heterocycles. The van der Waals surface area contributed by atoms with Gasteiger partial charge in [-0.15, -0.1) is 0 Å². The van der Waals surface area contributed by atoms with E-state index in [0.29, 0.717) is 6.54 Å². The molecule has 2 aromatic rings. The van der Waals surface area contributed by atoms with Crippen LogP contribution in [0.5, 0.6) is 0 Å². The summed E-state index contributed by atoms with van der Waals surface area (Å²) >= 11 is 3.52. The fourth-order valence-electron chi connectivity index (χ4n) is 2.07. The molecule has 110 valence electrons. The first kappa shape index (κ1) is 15.7. The number of hydrogen-bond acceptors (Lipinski definition) is 3. The Labute approximate surface area is 133 Å². The highest BCUT2D eigenvalue weighted by Gasteiger charge is 2.20. The summed E-state index contributed by atoms with van der Waals surface area (Å²) in [6.07, 6.45) is 0. The van der Waals surface area contributed by atoms with Gasteiger partial charge in [0.15, 0.2) is 0 Å². The summed E-state index contributed by atoms with van der Waals surface area (Å²) in [5.41, 5.74) is 3.19. The van der Waals surface area contributed by atoms with Gasteiger partial charge in [0.25, 0.3) is 0 Å². The van der Waals surface area contributed by atoms with E-state index in [1.165, 1.54) is 12.7 Å². The van der Waals surface area contributed by atoms with E-state index in [1.807, 2.05) is 43.3 Å². The van der Waals surface area contributed by atoms with Crippen LogP contribution in [0.4, 0.5) is 0 Å². The molecule has 2 aromatic carbocycles. The normalized spacial score (nSPS) is 12.0. The molecule has 0 bridgehead atoms. The van der Waals surface area contributed by atoms with E-state index in [9.17, 15) is 4.79 Å². The number of rotatable bonds is 5. The molecule has 0 amide bonds. The van der Waals surface area contributed by atoms with Gasteiger partial charge in [-0.1, -0.05) is 58.4 Å². The zero-order chi connectivity index (χ0) is 15.2. The lowest BCUT2D eigenvalue weighted by Crippen LogP contribution is -2.29. The van der Waals surface area contributed by atoms with Gasteiger partial charge in [-0.05, 0) is 29.7 Å². The Morgan fingerprint density at radius 2 is 1.95 bits per heavy atom. The number of aryl methyl sites for hydroxylation is 1. The summed E-state index contributed by atoms with van der Waals surface area (Å²) < 4.78 is 5.95. The Bertz CT molecular complexity index is 613. The van der Waals surface area contributed by atoms with Crippen molar-refractivity contribution in [1.82, 2.24) is 5.32 Å². The van der Waals surface area contributed by atoms with Crippen molar-refractivity contribution in [3.05, 3.63) is 69.7 Å². The number of methoxy groups -OCH3 is 1. The van der Waals surface area contributed by atoms with Gasteiger partial charge in [-0.2, -0.15) is 0 Å². The molecule has 1 atom stereocenters. The van der Waals surface area contributed by atoms with Crippen LogP contribution >= 0.6 is 15.9 Å². The van der Waals surface area contributed by atoms with Crippen LogP contribution < -0.4 is 5.32 Å². The summed E-state index contributed by atoms with van der Waals surface area (Å²) in [4.78, 5) is 12.0. The molecular weight excluding hydrogens is 330 g/mol. The van der Waals surface area contributed by atoms with E-state index in [-0.39, 0.29) is 5.97 Å². The SMILES string of the molecule is COC(=O)C(NCc1ccc(C)c(Br)c1)c1ccccc1. The van der Waals surface area contributed by atoms with E-state index in [0.717, 1.165) is 15.6 Å². The second-order valence-electron chi connectivity index (χ2n) is 4.83. The quantitative estimate of drug-likeness (QED) is 0.836. The molecule has 0 fully saturated rings. The molecule has 21 heavy (non-hydrogen) atoms. The Kier molecular flexibility index (Phi) is 5.53. The highest BCUT2D eigenvalue weighted by Crippen LogP contribution is 2.19. The standard InChI is InChI=1S/C17H18BrNO2/c1-12-8-9-13(10-15(12)18)11-19-16(17(20)21-2)14-6-4-3-5-7-14/h3-10,16,19H,11H2,1-2H3. The Morgan fingerprint density at radius 3 is 2.57 bits per heavy atom. The number of benzene rings is 2. The van der Waals surface area contributed by atoms with Crippen LogP contribution in [0.1, 0.15) is 22.7 Å². The van der Waals surface area contributed by atoms with Crippen molar-refractivity contribution < 1.29 is 9.53 Å². The minimum atomic E-state index is -0.462. The van der Waals surface area contributed by atoms with E-state index in [4.69, 9.17) is 4.74 Å². The van der Waals surface area contributed by atoms with Crippen molar-refractivity contribution in [2.24, 2.45) is 0 Å². The van der Waals surface area contributed by atoms with Gasteiger partial charge < -0.3 is 4.74 Å². The van der Waals surface area contributed by atoms with Crippen LogP contribution in [-0.2, 0) is 16.1 Å². The zero-order valence-corrected chi connectivity index (χ0v) is 13.7. The number of nitrogens with one attached hydrogen (secondary N) is 1. The third-order valence-electron chi connectivity index (χ3n) is 3.32. The van der Waals surface area contributed by atoms with Crippen LogP contribution in [-0.4, -0.2) is 13.1 Å². The second-order valence-corrected chi connectivity index (χ2v) is 5.69. The maximum absolute atomic E-state index is 12.0. The van der Waals surface area contributed by atoms with Crippen molar-refractivity contribution in [2.75, 3.05) is 7.11 Å². The van der Waals surface area contributed by atoms with Gasteiger partial charge in [-0.25, -0.2) is 4.79 Å². The number of hydrogen-bond donors (Lipinski definition) is 1. The van der Waals surface area contributed by atoms with Gasteiger partial charge >= 0.3 is 5.97 Å². The summed E-state index contributed by atoms with van der Waals surface area (Å²) in [6, 6.07) is 15.3.